The normalized spacial score (nSPS) is 13.0. The molecule has 0 amide bonds. The van der Waals surface area contributed by atoms with E-state index in [0.717, 1.165) is 13.1 Å². The molecule has 0 radical (unpaired) electrons. The molecule has 1 N–H and O–H groups in total. The van der Waals surface area contributed by atoms with Crippen molar-refractivity contribution < 1.29 is 9.53 Å². The second kappa shape index (κ2) is 6.86. The molecule has 0 aliphatic carbocycles. The van der Waals surface area contributed by atoms with Crippen LogP contribution in [-0.4, -0.2) is 51.7 Å². The van der Waals surface area contributed by atoms with Crippen molar-refractivity contribution in [3.8, 4) is 0 Å². The Hall–Kier alpha value is -0.610. The predicted molar refractivity (Wildman–Crippen MR) is 52.6 cm³/mol. The van der Waals surface area contributed by atoms with E-state index in [2.05, 4.69) is 15.0 Å². The van der Waals surface area contributed by atoms with E-state index in [4.69, 9.17) is 0 Å². The summed E-state index contributed by atoms with van der Waals surface area (Å²) in [5, 5.41) is 3.19. The molecule has 0 saturated carbocycles. The number of nitrogens with one attached hydrogen (secondary N) is 1. The summed E-state index contributed by atoms with van der Waals surface area (Å²) in [5.41, 5.74) is 0. The first-order valence-corrected chi connectivity index (χ1v) is 4.51. The summed E-state index contributed by atoms with van der Waals surface area (Å²) in [6, 6.07) is 0. The molecule has 0 fully saturated rings. The van der Waals surface area contributed by atoms with Crippen molar-refractivity contribution in [1.82, 2.24) is 10.2 Å². The van der Waals surface area contributed by atoms with Crippen molar-refractivity contribution >= 4 is 5.97 Å². The summed E-state index contributed by atoms with van der Waals surface area (Å²) in [6.45, 7) is 4.41. The topological polar surface area (TPSA) is 41.6 Å². The van der Waals surface area contributed by atoms with Gasteiger partial charge in [0.1, 0.15) is 0 Å². The van der Waals surface area contributed by atoms with E-state index in [1.165, 1.54) is 7.11 Å². The van der Waals surface area contributed by atoms with Crippen LogP contribution >= 0.6 is 0 Å². The van der Waals surface area contributed by atoms with Crippen LogP contribution in [-0.2, 0) is 9.53 Å². The molecule has 0 aromatic heterocycles. The molecule has 0 aromatic rings. The van der Waals surface area contributed by atoms with E-state index >= 15 is 0 Å². The van der Waals surface area contributed by atoms with Crippen molar-refractivity contribution in [3.63, 3.8) is 0 Å². The first kappa shape index (κ1) is 12.4. The Bertz CT molecular complexity index is 149. The van der Waals surface area contributed by atoms with Crippen LogP contribution in [0.15, 0.2) is 0 Å². The minimum Gasteiger partial charge on any atom is -0.469 e. The summed E-state index contributed by atoms with van der Waals surface area (Å²) < 4.78 is 4.60. The molecule has 4 heteroatoms. The second-order valence-electron chi connectivity index (χ2n) is 3.43. The highest BCUT2D eigenvalue weighted by molar-refractivity contribution is 5.71. The minimum absolute atomic E-state index is 0.0628. The summed E-state index contributed by atoms with van der Waals surface area (Å²) >= 11 is 0. The molecule has 0 bridgehead atoms. The van der Waals surface area contributed by atoms with Gasteiger partial charge in [-0.1, -0.05) is 6.92 Å². The Morgan fingerprint density at radius 3 is 2.62 bits per heavy atom. The van der Waals surface area contributed by atoms with Gasteiger partial charge in [-0.05, 0) is 14.1 Å². The smallest absolute Gasteiger partial charge is 0.309 e. The number of hydrogen-bond donors (Lipinski definition) is 1. The Kier molecular flexibility index (Phi) is 6.54. The van der Waals surface area contributed by atoms with Gasteiger partial charge in [0.25, 0.3) is 0 Å². The fourth-order valence-corrected chi connectivity index (χ4v) is 0.906. The lowest BCUT2D eigenvalue weighted by Crippen LogP contribution is -2.32. The largest absolute Gasteiger partial charge is 0.469 e. The predicted octanol–water partition coefficient (Wildman–Crippen LogP) is -0.0533. The molecule has 78 valence electrons. The fourth-order valence-electron chi connectivity index (χ4n) is 0.906. The van der Waals surface area contributed by atoms with Gasteiger partial charge < -0.3 is 15.0 Å². The highest BCUT2D eigenvalue weighted by Gasteiger charge is 2.11. The third kappa shape index (κ3) is 6.54. The van der Waals surface area contributed by atoms with Gasteiger partial charge in [-0.3, -0.25) is 4.79 Å². The lowest BCUT2D eigenvalue weighted by Gasteiger charge is -2.12. The molecule has 0 spiro atoms. The van der Waals surface area contributed by atoms with Crippen LogP contribution in [0.1, 0.15) is 6.92 Å². The van der Waals surface area contributed by atoms with Gasteiger partial charge in [-0.2, -0.15) is 0 Å². The van der Waals surface area contributed by atoms with Gasteiger partial charge in [-0.15, -0.1) is 0 Å². The lowest BCUT2D eigenvalue weighted by atomic mass is 10.2. The highest BCUT2D eigenvalue weighted by Crippen LogP contribution is 1.94. The van der Waals surface area contributed by atoms with E-state index < -0.39 is 0 Å². The molecule has 0 aromatic carbocycles. The zero-order chi connectivity index (χ0) is 10.3. The van der Waals surface area contributed by atoms with Crippen molar-refractivity contribution in [3.05, 3.63) is 0 Å². The number of methoxy groups -OCH3 is 1. The van der Waals surface area contributed by atoms with Crippen molar-refractivity contribution in [2.45, 2.75) is 6.92 Å². The third-order valence-electron chi connectivity index (χ3n) is 1.79. The Morgan fingerprint density at radius 2 is 2.15 bits per heavy atom. The molecule has 0 aliphatic heterocycles. The van der Waals surface area contributed by atoms with E-state index in [1.807, 2.05) is 21.0 Å². The van der Waals surface area contributed by atoms with Crippen LogP contribution in [0, 0.1) is 5.92 Å². The number of rotatable bonds is 6. The van der Waals surface area contributed by atoms with Gasteiger partial charge in [0.2, 0.25) is 0 Å². The van der Waals surface area contributed by atoms with E-state index in [1.54, 1.807) is 0 Å². The molecule has 13 heavy (non-hydrogen) atoms. The maximum Gasteiger partial charge on any atom is 0.309 e. The zero-order valence-corrected chi connectivity index (χ0v) is 8.96. The number of ether oxygens (including phenoxy) is 1. The summed E-state index contributed by atoms with van der Waals surface area (Å²) in [6.07, 6.45) is 0. The van der Waals surface area contributed by atoms with E-state index in [9.17, 15) is 4.79 Å². The Labute approximate surface area is 80.2 Å². The van der Waals surface area contributed by atoms with Crippen LogP contribution in [0.25, 0.3) is 0 Å². The van der Waals surface area contributed by atoms with Crippen LogP contribution in [0.5, 0.6) is 0 Å². The van der Waals surface area contributed by atoms with Crippen LogP contribution in [0.3, 0.4) is 0 Å². The van der Waals surface area contributed by atoms with Crippen molar-refractivity contribution in [2.75, 3.05) is 40.8 Å². The Balaban J connectivity index is 3.37. The van der Waals surface area contributed by atoms with Gasteiger partial charge in [0.05, 0.1) is 13.0 Å². The number of hydrogen-bond acceptors (Lipinski definition) is 4. The number of likely N-dealkylation sites (N-methyl/N-ethyl adjacent to an activating group) is 1. The van der Waals surface area contributed by atoms with Crippen LogP contribution in [0.2, 0.25) is 0 Å². The number of carbonyl (C=O) groups excluding carboxylic acids is 1. The fraction of sp³-hybridized carbons (Fsp3) is 0.889. The molecule has 0 aliphatic rings. The molecule has 1 atom stereocenters. The quantitative estimate of drug-likeness (QED) is 0.468. The zero-order valence-electron chi connectivity index (χ0n) is 8.96. The van der Waals surface area contributed by atoms with E-state index in [-0.39, 0.29) is 11.9 Å². The molecular weight excluding hydrogens is 168 g/mol. The van der Waals surface area contributed by atoms with Crippen molar-refractivity contribution in [2.24, 2.45) is 5.92 Å². The SMILES string of the molecule is COC(=O)[C@@H](C)CNCCN(C)C. The number of nitrogens with zero attached hydrogens (tertiary/aromatic N) is 1. The van der Waals surface area contributed by atoms with Gasteiger partial charge in [0, 0.05) is 19.6 Å². The standard InChI is InChI=1S/C9H20N2O2/c1-8(9(12)13-4)7-10-5-6-11(2)3/h8,10H,5-7H2,1-4H3/t8-/m0/s1. The molecule has 0 heterocycles. The summed E-state index contributed by atoms with van der Waals surface area (Å²) in [5.74, 6) is -0.218. The Morgan fingerprint density at radius 1 is 1.54 bits per heavy atom. The monoisotopic (exact) mass is 188 g/mol. The van der Waals surface area contributed by atoms with Crippen LogP contribution in [0.4, 0.5) is 0 Å². The average Bonchev–Trinajstić information content (AvgIpc) is 2.10. The average molecular weight is 188 g/mol. The summed E-state index contributed by atoms with van der Waals surface area (Å²) in [7, 11) is 5.45. The first-order valence-electron chi connectivity index (χ1n) is 4.51. The first-order chi connectivity index (χ1) is 6.07. The van der Waals surface area contributed by atoms with Gasteiger partial charge in [-0.25, -0.2) is 0 Å². The van der Waals surface area contributed by atoms with Gasteiger partial charge >= 0.3 is 5.97 Å². The van der Waals surface area contributed by atoms with Crippen LogP contribution < -0.4 is 5.32 Å². The summed E-state index contributed by atoms with van der Waals surface area (Å²) in [4.78, 5) is 13.1. The lowest BCUT2D eigenvalue weighted by molar-refractivity contribution is -0.144. The second-order valence-corrected chi connectivity index (χ2v) is 3.43. The maximum atomic E-state index is 11.0. The van der Waals surface area contributed by atoms with Crippen molar-refractivity contribution in [1.29, 1.82) is 0 Å². The third-order valence-corrected chi connectivity index (χ3v) is 1.79. The minimum atomic E-state index is -0.155. The molecule has 4 nitrogen and oxygen atoms in total. The highest BCUT2D eigenvalue weighted by atomic mass is 16.5. The number of esters is 1. The number of carbonyl (C=O) groups is 1. The van der Waals surface area contributed by atoms with Gasteiger partial charge in [0.15, 0.2) is 0 Å². The molecule has 0 saturated heterocycles. The molecular formula is C9H20N2O2. The maximum absolute atomic E-state index is 11.0. The van der Waals surface area contributed by atoms with E-state index in [0.29, 0.717) is 6.54 Å². The molecule has 0 unspecified atom stereocenters. The molecule has 0 rings (SSSR count).